The average Bonchev–Trinajstić information content (AvgIpc) is 2.78. The third-order valence-electron chi connectivity index (χ3n) is 1.78. The largest absolute Gasteiger partial charge is 0.467 e. The number of anilines is 1. The maximum atomic E-state index is 5.69. The zero-order valence-corrected chi connectivity index (χ0v) is 9.19. The molecule has 2 aromatic heterocycles. The van der Waals surface area contributed by atoms with Crippen LogP contribution in [0.5, 0.6) is 6.01 Å². The second kappa shape index (κ2) is 4.75. The highest BCUT2D eigenvalue weighted by Crippen LogP contribution is 2.11. The van der Waals surface area contributed by atoms with E-state index in [0.717, 1.165) is 5.56 Å². The van der Waals surface area contributed by atoms with Gasteiger partial charge in [0.15, 0.2) is 0 Å². The maximum absolute atomic E-state index is 5.69. The van der Waals surface area contributed by atoms with Crippen LogP contribution in [-0.2, 0) is 6.54 Å². The quantitative estimate of drug-likeness (QED) is 0.824. The predicted octanol–water partition coefficient (Wildman–Crippen LogP) is 0.869. The van der Waals surface area contributed by atoms with Crippen LogP contribution in [0, 0.1) is 0 Å². The number of hydrogen-bond donors (Lipinski definition) is 2. The molecule has 7 nitrogen and oxygen atoms in total. The van der Waals surface area contributed by atoms with Crippen molar-refractivity contribution in [2.75, 3.05) is 12.4 Å². The minimum Gasteiger partial charge on any atom is -0.467 e. The molecule has 0 spiro atoms. The summed E-state index contributed by atoms with van der Waals surface area (Å²) < 4.78 is 4.87. The summed E-state index contributed by atoms with van der Waals surface area (Å²) in [6, 6.07) is 0.176. The van der Waals surface area contributed by atoms with Crippen LogP contribution in [-0.4, -0.2) is 32.3 Å². The summed E-state index contributed by atoms with van der Waals surface area (Å²) in [7, 11) is 1.46. The van der Waals surface area contributed by atoms with Gasteiger partial charge in [0.25, 0.3) is 0 Å². The van der Waals surface area contributed by atoms with Crippen molar-refractivity contribution in [2.24, 2.45) is 0 Å². The summed E-state index contributed by atoms with van der Waals surface area (Å²) >= 11 is 5.69. The number of nitrogens with zero attached hydrogens (tertiary/aromatic N) is 4. The molecule has 0 radical (unpaired) electrons. The number of aromatic nitrogens is 5. The van der Waals surface area contributed by atoms with Crippen molar-refractivity contribution in [1.82, 2.24) is 25.1 Å². The molecule has 0 amide bonds. The topological polar surface area (TPSA) is 88.6 Å². The van der Waals surface area contributed by atoms with Crippen LogP contribution in [0.3, 0.4) is 0 Å². The number of rotatable bonds is 4. The van der Waals surface area contributed by atoms with E-state index in [4.69, 9.17) is 16.3 Å². The van der Waals surface area contributed by atoms with E-state index >= 15 is 0 Å². The van der Waals surface area contributed by atoms with Crippen LogP contribution in [0.1, 0.15) is 5.56 Å². The van der Waals surface area contributed by atoms with Crippen LogP contribution < -0.4 is 10.1 Å². The smallest absolute Gasteiger partial charge is 0.322 e. The van der Waals surface area contributed by atoms with E-state index in [1.54, 1.807) is 12.4 Å². The predicted molar refractivity (Wildman–Crippen MR) is 57.3 cm³/mol. The van der Waals surface area contributed by atoms with Gasteiger partial charge in [-0.25, -0.2) is 0 Å². The Morgan fingerprint density at radius 1 is 1.44 bits per heavy atom. The third-order valence-corrected chi connectivity index (χ3v) is 1.94. The lowest BCUT2D eigenvalue weighted by Crippen LogP contribution is -2.05. The summed E-state index contributed by atoms with van der Waals surface area (Å²) in [5.41, 5.74) is 0.982. The summed E-state index contributed by atoms with van der Waals surface area (Å²) in [6.45, 7) is 0.542. The fraction of sp³-hybridized carbons (Fsp3) is 0.250. The molecule has 2 rings (SSSR count). The molecular weight excluding hydrogens is 232 g/mol. The molecule has 0 bridgehead atoms. The minimum atomic E-state index is 0.0848. The molecule has 0 atom stereocenters. The molecule has 2 aromatic rings. The van der Waals surface area contributed by atoms with E-state index in [-0.39, 0.29) is 11.3 Å². The van der Waals surface area contributed by atoms with Crippen molar-refractivity contribution in [2.45, 2.75) is 6.54 Å². The molecule has 0 unspecified atom stereocenters. The number of aromatic amines is 1. The lowest BCUT2D eigenvalue weighted by atomic mass is 10.4. The molecule has 0 aliphatic carbocycles. The molecule has 16 heavy (non-hydrogen) atoms. The van der Waals surface area contributed by atoms with Crippen molar-refractivity contribution in [1.29, 1.82) is 0 Å². The Balaban J connectivity index is 2.06. The Bertz CT molecular complexity index is 460. The van der Waals surface area contributed by atoms with Crippen LogP contribution in [0.4, 0.5) is 5.95 Å². The van der Waals surface area contributed by atoms with Gasteiger partial charge >= 0.3 is 6.01 Å². The highest BCUT2D eigenvalue weighted by molar-refractivity contribution is 6.28. The van der Waals surface area contributed by atoms with Crippen LogP contribution >= 0.6 is 11.6 Å². The first kappa shape index (κ1) is 10.6. The van der Waals surface area contributed by atoms with Crippen molar-refractivity contribution >= 4 is 17.5 Å². The van der Waals surface area contributed by atoms with Crippen LogP contribution in [0.25, 0.3) is 0 Å². The van der Waals surface area contributed by atoms with Gasteiger partial charge < -0.3 is 10.1 Å². The first-order valence-electron chi connectivity index (χ1n) is 4.45. The first-order valence-corrected chi connectivity index (χ1v) is 4.83. The standard InChI is InChI=1S/C8H9ClN6O/c1-16-8-14-6(9)13-7(15-8)10-2-5-3-11-12-4-5/h3-4H,2H2,1H3,(H,11,12)(H,10,13,14,15). The number of ether oxygens (including phenoxy) is 1. The second-order valence-electron chi connectivity index (χ2n) is 2.87. The lowest BCUT2D eigenvalue weighted by molar-refractivity contribution is 0.379. The van der Waals surface area contributed by atoms with Crippen molar-refractivity contribution in [3.63, 3.8) is 0 Å². The monoisotopic (exact) mass is 240 g/mol. The molecule has 0 saturated heterocycles. The molecule has 84 valence electrons. The summed E-state index contributed by atoms with van der Waals surface area (Å²) in [4.78, 5) is 11.6. The molecule has 2 heterocycles. The molecule has 0 saturated carbocycles. The molecule has 0 fully saturated rings. The molecule has 8 heteroatoms. The van der Waals surface area contributed by atoms with Gasteiger partial charge in [0.05, 0.1) is 13.3 Å². The van der Waals surface area contributed by atoms with E-state index in [9.17, 15) is 0 Å². The fourth-order valence-electron chi connectivity index (χ4n) is 1.06. The van der Waals surface area contributed by atoms with E-state index in [1.165, 1.54) is 7.11 Å². The van der Waals surface area contributed by atoms with E-state index in [0.29, 0.717) is 12.5 Å². The van der Waals surface area contributed by atoms with Crippen molar-refractivity contribution < 1.29 is 4.74 Å². The van der Waals surface area contributed by atoms with E-state index in [2.05, 4.69) is 30.5 Å². The summed E-state index contributed by atoms with van der Waals surface area (Å²) in [6.07, 6.45) is 3.47. The highest BCUT2D eigenvalue weighted by Gasteiger charge is 2.04. The average molecular weight is 241 g/mol. The number of hydrogen-bond acceptors (Lipinski definition) is 6. The van der Waals surface area contributed by atoms with Gasteiger partial charge in [-0.2, -0.15) is 20.1 Å². The summed E-state index contributed by atoms with van der Waals surface area (Å²) in [5, 5.41) is 9.58. The van der Waals surface area contributed by atoms with E-state index in [1.807, 2.05) is 0 Å². The number of halogens is 1. The van der Waals surface area contributed by atoms with Gasteiger partial charge in [0.1, 0.15) is 0 Å². The van der Waals surface area contributed by atoms with Gasteiger partial charge in [0, 0.05) is 18.3 Å². The zero-order valence-electron chi connectivity index (χ0n) is 8.44. The maximum Gasteiger partial charge on any atom is 0.322 e. The third kappa shape index (κ3) is 2.57. The zero-order chi connectivity index (χ0) is 11.4. The Hall–Kier alpha value is -1.89. The van der Waals surface area contributed by atoms with Gasteiger partial charge in [-0.1, -0.05) is 0 Å². The normalized spacial score (nSPS) is 10.1. The Kier molecular flexibility index (Phi) is 3.16. The Morgan fingerprint density at radius 3 is 3.00 bits per heavy atom. The van der Waals surface area contributed by atoms with E-state index < -0.39 is 0 Å². The van der Waals surface area contributed by atoms with Gasteiger partial charge in [-0.3, -0.25) is 5.10 Å². The minimum absolute atomic E-state index is 0.0848. The SMILES string of the molecule is COc1nc(Cl)nc(NCc2cn[nH]c2)n1. The van der Waals surface area contributed by atoms with Crippen molar-refractivity contribution in [3.05, 3.63) is 23.2 Å². The molecule has 2 N–H and O–H groups in total. The van der Waals surface area contributed by atoms with Gasteiger partial charge in [-0.15, -0.1) is 0 Å². The van der Waals surface area contributed by atoms with Crippen LogP contribution in [0.2, 0.25) is 5.28 Å². The molecule has 0 aliphatic rings. The second-order valence-corrected chi connectivity index (χ2v) is 3.21. The summed E-state index contributed by atoms with van der Waals surface area (Å²) in [5.74, 6) is 0.359. The fourth-order valence-corrected chi connectivity index (χ4v) is 1.21. The molecule has 0 aromatic carbocycles. The van der Waals surface area contributed by atoms with Crippen LogP contribution in [0.15, 0.2) is 12.4 Å². The number of nitrogens with one attached hydrogen (secondary N) is 2. The Morgan fingerprint density at radius 2 is 2.31 bits per heavy atom. The molecular formula is C8H9ClN6O. The van der Waals surface area contributed by atoms with Gasteiger partial charge in [-0.05, 0) is 11.6 Å². The Labute approximate surface area is 96.2 Å². The number of methoxy groups -OCH3 is 1. The van der Waals surface area contributed by atoms with Crippen molar-refractivity contribution in [3.8, 4) is 6.01 Å². The van der Waals surface area contributed by atoms with Gasteiger partial charge in [0.2, 0.25) is 11.2 Å². The molecule has 0 aliphatic heterocycles. The highest BCUT2D eigenvalue weighted by atomic mass is 35.5. The lowest BCUT2D eigenvalue weighted by Gasteiger charge is -2.04. The number of H-pyrrole nitrogens is 1. The first-order chi connectivity index (χ1) is 7.78.